The van der Waals surface area contributed by atoms with Crippen LogP contribution in [0.5, 0.6) is 0 Å². The second-order valence-electron chi connectivity index (χ2n) is 4.26. The van der Waals surface area contributed by atoms with Crippen molar-refractivity contribution >= 4 is 11.8 Å². The first kappa shape index (κ1) is 13.0. The van der Waals surface area contributed by atoms with Crippen LogP contribution in [0.4, 0.5) is 0 Å². The van der Waals surface area contributed by atoms with Gasteiger partial charge in [-0.15, -0.1) is 0 Å². The van der Waals surface area contributed by atoms with Crippen LogP contribution in [0.25, 0.3) is 0 Å². The number of carbonyl (C=O) groups is 2. The number of amides is 2. The van der Waals surface area contributed by atoms with E-state index in [9.17, 15) is 9.59 Å². The van der Waals surface area contributed by atoms with Crippen molar-refractivity contribution in [1.29, 1.82) is 0 Å². The first-order valence-corrected chi connectivity index (χ1v) is 5.90. The molecular weight excluding hydrogens is 206 g/mol. The number of rotatable bonds is 5. The van der Waals surface area contributed by atoms with Crippen LogP contribution in [0.15, 0.2) is 0 Å². The van der Waals surface area contributed by atoms with Gasteiger partial charge in [0.25, 0.3) is 0 Å². The van der Waals surface area contributed by atoms with Crippen LogP contribution in [0.1, 0.15) is 26.2 Å². The van der Waals surface area contributed by atoms with E-state index in [1.807, 2.05) is 0 Å². The molecule has 1 heterocycles. The van der Waals surface area contributed by atoms with Crippen molar-refractivity contribution in [3.63, 3.8) is 0 Å². The third kappa shape index (κ3) is 5.70. The predicted molar refractivity (Wildman–Crippen MR) is 61.9 cm³/mol. The molecule has 0 saturated carbocycles. The summed E-state index contributed by atoms with van der Waals surface area (Å²) in [6.45, 7) is 4.36. The summed E-state index contributed by atoms with van der Waals surface area (Å²) in [5.74, 6) is 0.389. The van der Waals surface area contributed by atoms with E-state index in [2.05, 4.69) is 16.0 Å². The van der Waals surface area contributed by atoms with E-state index in [1.165, 1.54) is 19.8 Å². The van der Waals surface area contributed by atoms with E-state index >= 15 is 0 Å². The quantitative estimate of drug-likeness (QED) is 0.600. The lowest BCUT2D eigenvalue weighted by Gasteiger charge is -2.22. The van der Waals surface area contributed by atoms with Gasteiger partial charge in [-0.05, 0) is 38.3 Å². The van der Waals surface area contributed by atoms with Crippen LogP contribution < -0.4 is 16.0 Å². The summed E-state index contributed by atoms with van der Waals surface area (Å²) < 4.78 is 0. The molecule has 5 heteroatoms. The fourth-order valence-corrected chi connectivity index (χ4v) is 1.85. The van der Waals surface area contributed by atoms with Gasteiger partial charge in [-0.1, -0.05) is 0 Å². The standard InChI is InChI=1S/C11H21N3O2/c1-9(15)14-8-11(16)13-6-4-10-3-2-5-12-7-10/h10,12H,2-8H2,1H3,(H,13,16)(H,14,15). The van der Waals surface area contributed by atoms with Crippen molar-refractivity contribution in [2.45, 2.75) is 26.2 Å². The highest BCUT2D eigenvalue weighted by Gasteiger charge is 2.12. The smallest absolute Gasteiger partial charge is 0.239 e. The summed E-state index contributed by atoms with van der Waals surface area (Å²) in [7, 11) is 0. The first-order valence-electron chi connectivity index (χ1n) is 5.90. The van der Waals surface area contributed by atoms with E-state index in [-0.39, 0.29) is 18.4 Å². The summed E-state index contributed by atoms with van der Waals surface area (Å²) in [6.07, 6.45) is 3.48. The van der Waals surface area contributed by atoms with Gasteiger partial charge in [0, 0.05) is 13.5 Å². The molecule has 0 aromatic carbocycles. The summed E-state index contributed by atoms with van der Waals surface area (Å²) >= 11 is 0. The second-order valence-corrected chi connectivity index (χ2v) is 4.26. The Morgan fingerprint density at radius 2 is 2.19 bits per heavy atom. The molecule has 0 radical (unpaired) electrons. The highest BCUT2D eigenvalue weighted by Crippen LogP contribution is 2.12. The normalized spacial score (nSPS) is 20.2. The van der Waals surface area contributed by atoms with Crippen LogP contribution in [-0.2, 0) is 9.59 Å². The van der Waals surface area contributed by atoms with Gasteiger partial charge >= 0.3 is 0 Å². The lowest BCUT2D eigenvalue weighted by molar-refractivity contribution is -0.125. The number of carbonyl (C=O) groups excluding carboxylic acids is 2. The number of hydrogen-bond acceptors (Lipinski definition) is 3. The molecule has 0 spiro atoms. The third-order valence-electron chi connectivity index (χ3n) is 2.77. The third-order valence-corrected chi connectivity index (χ3v) is 2.77. The van der Waals surface area contributed by atoms with E-state index in [0.29, 0.717) is 12.5 Å². The predicted octanol–water partition coefficient (Wildman–Crippen LogP) is -0.372. The largest absolute Gasteiger partial charge is 0.355 e. The molecule has 0 aliphatic carbocycles. The van der Waals surface area contributed by atoms with Crippen molar-refractivity contribution in [2.75, 3.05) is 26.2 Å². The molecule has 1 aliphatic rings. The Balaban J connectivity index is 2.01. The van der Waals surface area contributed by atoms with Crippen molar-refractivity contribution in [3.8, 4) is 0 Å². The monoisotopic (exact) mass is 227 g/mol. The average Bonchev–Trinajstić information content (AvgIpc) is 2.28. The Labute approximate surface area is 96.4 Å². The molecule has 3 N–H and O–H groups in total. The van der Waals surface area contributed by atoms with Gasteiger partial charge < -0.3 is 16.0 Å². The Morgan fingerprint density at radius 1 is 1.38 bits per heavy atom. The SMILES string of the molecule is CC(=O)NCC(=O)NCCC1CCCNC1. The van der Waals surface area contributed by atoms with Crippen LogP contribution in [0, 0.1) is 5.92 Å². The Bertz CT molecular complexity index is 237. The maximum Gasteiger partial charge on any atom is 0.239 e. The van der Waals surface area contributed by atoms with Crippen molar-refractivity contribution < 1.29 is 9.59 Å². The van der Waals surface area contributed by atoms with Gasteiger partial charge in [-0.25, -0.2) is 0 Å². The fraction of sp³-hybridized carbons (Fsp3) is 0.818. The Kier molecular flexibility index (Phi) is 5.85. The van der Waals surface area contributed by atoms with Gasteiger partial charge in [0.1, 0.15) is 0 Å². The molecule has 2 amide bonds. The first-order chi connectivity index (χ1) is 7.68. The van der Waals surface area contributed by atoms with Gasteiger partial charge in [0.15, 0.2) is 0 Å². The lowest BCUT2D eigenvalue weighted by atomic mass is 9.96. The molecule has 1 aliphatic heterocycles. The minimum Gasteiger partial charge on any atom is -0.355 e. The van der Waals surface area contributed by atoms with Crippen molar-refractivity contribution in [1.82, 2.24) is 16.0 Å². The van der Waals surface area contributed by atoms with Gasteiger partial charge in [0.2, 0.25) is 11.8 Å². The van der Waals surface area contributed by atoms with E-state index in [1.54, 1.807) is 0 Å². The molecule has 5 nitrogen and oxygen atoms in total. The minimum atomic E-state index is -0.174. The summed E-state index contributed by atoms with van der Waals surface area (Å²) in [5.41, 5.74) is 0. The topological polar surface area (TPSA) is 70.2 Å². The van der Waals surface area contributed by atoms with Crippen molar-refractivity contribution in [3.05, 3.63) is 0 Å². The fourth-order valence-electron chi connectivity index (χ4n) is 1.85. The van der Waals surface area contributed by atoms with Crippen LogP contribution >= 0.6 is 0 Å². The Hall–Kier alpha value is -1.10. The molecule has 1 atom stereocenters. The molecule has 1 unspecified atom stereocenters. The van der Waals surface area contributed by atoms with E-state index < -0.39 is 0 Å². The zero-order valence-electron chi connectivity index (χ0n) is 9.84. The molecule has 0 aromatic rings. The van der Waals surface area contributed by atoms with Crippen LogP contribution in [0.2, 0.25) is 0 Å². The average molecular weight is 227 g/mol. The zero-order chi connectivity index (χ0) is 11.8. The molecule has 16 heavy (non-hydrogen) atoms. The molecule has 1 fully saturated rings. The summed E-state index contributed by atoms with van der Waals surface area (Å²) in [6, 6.07) is 0. The molecule has 1 saturated heterocycles. The van der Waals surface area contributed by atoms with E-state index in [0.717, 1.165) is 19.5 Å². The second kappa shape index (κ2) is 7.22. The van der Waals surface area contributed by atoms with E-state index in [4.69, 9.17) is 0 Å². The summed E-state index contributed by atoms with van der Waals surface area (Å²) in [5, 5.41) is 8.62. The number of nitrogens with one attached hydrogen (secondary N) is 3. The van der Waals surface area contributed by atoms with Gasteiger partial charge in [-0.2, -0.15) is 0 Å². The maximum absolute atomic E-state index is 11.2. The number of piperidine rings is 1. The minimum absolute atomic E-state index is 0.0816. The molecule has 0 bridgehead atoms. The highest BCUT2D eigenvalue weighted by atomic mass is 16.2. The molecule has 1 rings (SSSR count). The highest BCUT2D eigenvalue weighted by molar-refractivity contribution is 5.83. The van der Waals surface area contributed by atoms with Crippen LogP contribution in [-0.4, -0.2) is 38.0 Å². The van der Waals surface area contributed by atoms with Crippen molar-refractivity contribution in [2.24, 2.45) is 5.92 Å². The molecule has 0 aromatic heterocycles. The van der Waals surface area contributed by atoms with Gasteiger partial charge in [-0.3, -0.25) is 9.59 Å². The lowest BCUT2D eigenvalue weighted by Crippen LogP contribution is -2.38. The van der Waals surface area contributed by atoms with Crippen LogP contribution in [0.3, 0.4) is 0 Å². The molecular formula is C11H21N3O2. The number of hydrogen-bond donors (Lipinski definition) is 3. The molecule has 92 valence electrons. The zero-order valence-corrected chi connectivity index (χ0v) is 9.84. The van der Waals surface area contributed by atoms with Gasteiger partial charge in [0.05, 0.1) is 6.54 Å². The summed E-state index contributed by atoms with van der Waals surface area (Å²) in [4.78, 5) is 21.8. The maximum atomic E-state index is 11.2. The Morgan fingerprint density at radius 3 is 2.81 bits per heavy atom.